The van der Waals surface area contributed by atoms with E-state index < -0.39 is 21.7 Å². The Hall–Kier alpha value is -1.05. The number of nitrogens with one attached hydrogen (secondary N) is 1. The second kappa shape index (κ2) is 5.62. The van der Waals surface area contributed by atoms with Crippen molar-refractivity contribution in [3.8, 4) is 0 Å². The molecule has 2 fully saturated rings. The van der Waals surface area contributed by atoms with Gasteiger partial charge in [0.05, 0.1) is 4.90 Å². The predicted molar refractivity (Wildman–Crippen MR) is 74.3 cm³/mol. The van der Waals surface area contributed by atoms with Crippen LogP contribution in [0.1, 0.15) is 25.7 Å². The molecule has 0 aliphatic carbocycles. The van der Waals surface area contributed by atoms with Gasteiger partial charge in [-0.1, -0.05) is 6.42 Å². The average Bonchev–Trinajstić information content (AvgIpc) is 2.81. The van der Waals surface area contributed by atoms with Gasteiger partial charge < -0.3 is 0 Å². The van der Waals surface area contributed by atoms with Crippen LogP contribution in [-0.4, -0.2) is 38.5 Å². The quantitative estimate of drug-likeness (QED) is 0.926. The molecule has 7 heteroatoms. The summed E-state index contributed by atoms with van der Waals surface area (Å²) in [5, 5.41) is 0. The van der Waals surface area contributed by atoms with Crippen molar-refractivity contribution in [3.63, 3.8) is 0 Å². The predicted octanol–water partition coefficient (Wildman–Crippen LogP) is 1.87. The lowest BCUT2D eigenvalue weighted by Crippen LogP contribution is -2.46. The summed E-state index contributed by atoms with van der Waals surface area (Å²) in [6.07, 6.45) is 3.94. The smallest absolute Gasteiger partial charge is 0.241 e. The van der Waals surface area contributed by atoms with Gasteiger partial charge in [-0.3, -0.25) is 4.90 Å². The van der Waals surface area contributed by atoms with Crippen molar-refractivity contribution in [1.82, 2.24) is 9.62 Å². The maximum absolute atomic E-state index is 13.2. The summed E-state index contributed by atoms with van der Waals surface area (Å²) in [4.78, 5) is 1.94. The number of nitrogens with zero attached hydrogens (tertiary/aromatic N) is 1. The Morgan fingerprint density at radius 3 is 2.48 bits per heavy atom. The van der Waals surface area contributed by atoms with E-state index in [1.807, 2.05) is 0 Å². The zero-order chi connectivity index (χ0) is 15.0. The van der Waals surface area contributed by atoms with Crippen LogP contribution in [0.3, 0.4) is 0 Å². The SMILES string of the molecule is O=S(=O)(N[C@H]1CCN2CCCC[C@@H]12)c1cc(F)cc(F)c1. The van der Waals surface area contributed by atoms with Gasteiger partial charge >= 0.3 is 0 Å². The van der Waals surface area contributed by atoms with Gasteiger partial charge in [0.2, 0.25) is 10.0 Å². The van der Waals surface area contributed by atoms with Crippen LogP contribution < -0.4 is 4.72 Å². The molecular formula is C14H18F2N2O2S. The number of hydrogen-bond donors (Lipinski definition) is 1. The Morgan fingerprint density at radius 2 is 1.76 bits per heavy atom. The molecule has 1 N–H and O–H groups in total. The maximum atomic E-state index is 13.2. The first kappa shape index (κ1) is 14.9. The van der Waals surface area contributed by atoms with E-state index in [9.17, 15) is 17.2 Å². The number of halogens is 2. The largest absolute Gasteiger partial charge is 0.299 e. The number of benzene rings is 1. The molecule has 21 heavy (non-hydrogen) atoms. The molecular weight excluding hydrogens is 298 g/mol. The third kappa shape index (κ3) is 3.09. The van der Waals surface area contributed by atoms with Gasteiger partial charge in [-0.2, -0.15) is 0 Å². The summed E-state index contributed by atoms with van der Waals surface area (Å²) >= 11 is 0. The molecule has 0 bridgehead atoms. The van der Waals surface area contributed by atoms with Gasteiger partial charge in [0.25, 0.3) is 0 Å². The zero-order valence-electron chi connectivity index (χ0n) is 11.6. The highest BCUT2D eigenvalue weighted by Crippen LogP contribution is 2.28. The molecule has 2 saturated heterocycles. The topological polar surface area (TPSA) is 49.4 Å². The summed E-state index contributed by atoms with van der Waals surface area (Å²) in [5.74, 6) is -1.78. The molecule has 1 aromatic rings. The Morgan fingerprint density at radius 1 is 1.05 bits per heavy atom. The van der Waals surface area contributed by atoms with Crippen LogP contribution in [0.2, 0.25) is 0 Å². The normalized spacial score (nSPS) is 26.8. The number of hydrogen-bond acceptors (Lipinski definition) is 3. The van der Waals surface area contributed by atoms with Crippen molar-refractivity contribution < 1.29 is 17.2 Å². The fraction of sp³-hybridized carbons (Fsp3) is 0.571. The highest BCUT2D eigenvalue weighted by molar-refractivity contribution is 7.89. The van der Waals surface area contributed by atoms with Crippen molar-refractivity contribution in [1.29, 1.82) is 0 Å². The van der Waals surface area contributed by atoms with E-state index in [1.54, 1.807) is 0 Å². The lowest BCUT2D eigenvalue weighted by molar-refractivity contribution is 0.186. The Labute approximate surface area is 123 Å². The van der Waals surface area contributed by atoms with E-state index in [0.29, 0.717) is 6.07 Å². The molecule has 1 aromatic carbocycles. The molecule has 4 nitrogen and oxygen atoms in total. The molecule has 116 valence electrons. The van der Waals surface area contributed by atoms with Gasteiger partial charge in [0.15, 0.2) is 0 Å². The van der Waals surface area contributed by atoms with Crippen LogP contribution in [0.5, 0.6) is 0 Å². The van der Waals surface area contributed by atoms with E-state index in [0.717, 1.165) is 50.9 Å². The number of rotatable bonds is 3. The first-order valence-electron chi connectivity index (χ1n) is 7.18. The second-order valence-electron chi connectivity index (χ2n) is 5.72. The maximum Gasteiger partial charge on any atom is 0.241 e. The zero-order valence-corrected chi connectivity index (χ0v) is 12.4. The van der Waals surface area contributed by atoms with Crippen LogP contribution in [0.4, 0.5) is 8.78 Å². The highest BCUT2D eigenvalue weighted by atomic mass is 32.2. The van der Waals surface area contributed by atoms with E-state index in [4.69, 9.17) is 0 Å². The minimum absolute atomic E-state index is 0.179. The first-order valence-corrected chi connectivity index (χ1v) is 8.66. The van der Waals surface area contributed by atoms with Gasteiger partial charge in [0, 0.05) is 24.7 Å². The van der Waals surface area contributed by atoms with Crippen LogP contribution >= 0.6 is 0 Å². The summed E-state index contributed by atoms with van der Waals surface area (Å²) in [6.45, 7) is 1.87. The van der Waals surface area contributed by atoms with Crippen LogP contribution in [0.15, 0.2) is 23.1 Å². The fourth-order valence-corrected chi connectivity index (χ4v) is 4.68. The minimum atomic E-state index is -3.90. The molecule has 0 radical (unpaired) electrons. The van der Waals surface area contributed by atoms with Crippen molar-refractivity contribution in [2.75, 3.05) is 13.1 Å². The Kier molecular flexibility index (Phi) is 3.98. The standard InChI is InChI=1S/C14H18F2N2O2S/c15-10-7-11(16)9-12(8-10)21(19,20)17-13-4-6-18-5-2-1-3-14(13)18/h7-9,13-14,17H,1-6H2/t13-,14-/m0/s1. The fourth-order valence-electron chi connectivity index (χ4n) is 3.34. The van der Waals surface area contributed by atoms with Crippen LogP contribution in [0.25, 0.3) is 0 Å². The number of sulfonamides is 1. The first-order chi connectivity index (χ1) is 9.95. The average molecular weight is 316 g/mol. The van der Waals surface area contributed by atoms with E-state index in [1.165, 1.54) is 0 Å². The van der Waals surface area contributed by atoms with E-state index in [-0.39, 0.29) is 17.0 Å². The Balaban J connectivity index is 1.80. The highest BCUT2D eigenvalue weighted by Gasteiger charge is 2.37. The van der Waals surface area contributed by atoms with Gasteiger partial charge in [-0.05, 0) is 37.9 Å². The lowest BCUT2D eigenvalue weighted by atomic mass is 10.00. The van der Waals surface area contributed by atoms with E-state index in [2.05, 4.69) is 9.62 Å². The van der Waals surface area contributed by atoms with Gasteiger partial charge in [-0.25, -0.2) is 21.9 Å². The number of piperidine rings is 1. The van der Waals surface area contributed by atoms with Crippen LogP contribution in [0, 0.1) is 11.6 Å². The molecule has 2 heterocycles. The van der Waals surface area contributed by atoms with Gasteiger partial charge in [-0.15, -0.1) is 0 Å². The third-order valence-electron chi connectivity index (χ3n) is 4.31. The summed E-state index contributed by atoms with van der Waals surface area (Å²) in [6, 6.07) is 2.38. The molecule has 2 aliphatic rings. The van der Waals surface area contributed by atoms with Crippen LogP contribution in [-0.2, 0) is 10.0 Å². The van der Waals surface area contributed by atoms with Crippen molar-refractivity contribution >= 4 is 10.0 Å². The van der Waals surface area contributed by atoms with Gasteiger partial charge in [0.1, 0.15) is 11.6 Å². The lowest BCUT2D eigenvalue weighted by Gasteiger charge is -2.32. The second-order valence-corrected chi connectivity index (χ2v) is 7.43. The minimum Gasteiger partial charge on any atom is -0.299 e. The molecule has 0 aromatic heterocycles. The Bertz CT molecular complexity index is 616. The number of fused-ring (bicyclic) bond motifs is 1. The summed E-state index contributed by atoms with van der Waals surface area (Å²) in [7, 11) is -3.90. The molecule has 3 rings (SSSR count). The summed E-state index contributed by atoms with van der Waals surface area (Å²) < 4.78 is 53.6. The van der Waals surface area contributed by atoms with Crippen molar-refractivity contribution in [3.05, 3.63) is 29.8 Å². The third-order valence-corrected chi connectivity index (χ3v) is 5.78. The molecule has 0 saturated carbocycles. The molecule has 0 amide bonds. The monoisotopic (exact) mass is 316 g/mol. The van der Waals surface area contributed by atoms with E-state index >= 15 is 0 Å². The molecule has 0 unspecified atom stereocenters. The molecule has 2 atom stereocenters. The molecule has 0 spiro atoms. The van der Waals surface area contributed by atoms with Crippen molar-refractivity contribution in [2.24, 2.45) is 0 Å². The summed E-state index contributed by atoms with van der Waals surface area (Å²) in [5.41, 5.74) is 0. The van der Waals surface area contributed by atoms with Crippen molar-refractivity contribution in [2.45, 2.75) is 42.7 Å². The molecule has 2 aliphatic heterocycles.